The quantitative estimate of drug-likeness (QED) is 0.900. The molecule has 0 aliphatic rings. The van der Waals surface area contributed by atoms with Crippen LogP contribution in [0.3, 0.4) is 0 Å². The van der Waals surface area contributed by atoms with E-state index in [9.17, 15) is 4.79 Å². The predicted molar refractivity (Wildman–Crippen MR) is 86.9 cm³/mol. The third kappa shape index (κ3) is 9.77. The van der Waals surface area contributed by atoms with Crippen molar-refractivity contribution in [2.24, 2.45) is 0 Å². The van der Waals surface area contributed by atoms with Gasteiger partial charge in [0, 0.05) is 0 Å². The zero-order chi connectivity index (χ0) is 16.5. The molecule has 1 unspecified atom stereocenters. The summed E-state index contributed by atoms with van der Waals surface area (Å²) in [4.78, 5) is 11.5. The van der Waals surface area contributed by atoms with Gasteiger partial charge >= 0.3 is 6.09 Å². The number of carbonyl (C=O) groups is 1. The Morgan fingerprint density at radius 3 is 2.43 bits per heavy atom. The van der Waals surface area contributed by atoms with Crippen LogP contribution in [0.4, 0.5) is 4.79 Å². The molecule has 0 saturated heterocycles. The first kappa shape index (κ1) is 19.3. The summed E-state index contributed by atoms with van der Waals surface area (Å²) in [5.74, 6) is 0.804. The molecule has 1 aromatic rings. The van der Waals surface area contributed by atoms with E-state index >= 15 is 0 Å². The lowest BCUT2D eigenvalue weighted by atomic mass is 10.2. The molecular weight excluding hydrogens is 266 g/mol. The highest BCUT2D eigenvalue weighted by molar-refractivity contribution is 5.67. The molecule has 0 saturated carbocycles. The zero-order valence-corrected chi connectivity index (χ0v) is 14.3. The van der Waals surface area contributed by atoms with Crippen LogP contribution in [-0.2, 0) is 4.74 Å². The highest BCUT2D eigenvalue weighted by Crippen LogP contribution is 2.14. The molecule has 120 valence electrons. The van der Waals surface area contributed by atoms with Crippen molar-refractivity contribution in [1.82, 2.24) is 5.32 Å². The Morgan fingerprint density at radius 2 is 1.90 bits per heavy atom. The third-order valence-electron chi connectivity index (χ3n) is 2.26. The molecule has 0 aliphatic heterocycles. The van der Waals surface area contributed by atoms with Crippen molar-refractivity contribution < 1.29 is 14.3 Å². The van der Waals surface area contributed by atoms with Crippen LogP contribution >= 0.6 is 0 Å². The number of carbonyl (C=O) groups excluding carboxylic acids is 1. The van der Waals surface area contributed by atoms with E-state index in [2.05, 4.69) is 5.32 Å². The molecule has 21 heavy (non-hydrogen) atoms. The minimum absolute atomic E-state index is 0.116. The maximum absolute atomic E-state index is 11.5. The van der Waals surface area contributed by atoms with Crippen LogP contribution in [-0.4, -0.2) is 24.3 Å². The van der Waals surface area contributed by atoms with Crippen molar-refractivity contribution in [2.45, 2.75) is 60.2 Å². The van der Waals surface area contributed by atoms with Gasteiger partial charge in [0.1, 0.15) is 17.5 Å². The van der Waals surface area contributed by atoms with Gasteiger partial charge < -0.3 is 14.8 Å². The van der Waals surface area contributed by atoms with Crippen molar-refractivity contribution in [3.8, 4) is 5.75 Å². The molecule has 0 bridgehead atoms. The molecule has 0 radical (unpaired) electrons. The highest BCUT2D eigenvalue weighted by atomic mass is 16.6. The van der Waals surface area contributed by atoms with E-state index in [1.165, 1.54) is 0 Å². The average molecular weight is 295 g/mol. The fraction of sp³-hybridized carbons (Fsp3) is 0.588. The van der Waals surface area contributed by atoms with Gasteiger partial charge in [0.2, 0.25) is 0 Å². The Bertz CT molecular complexity index is 424. The minimum Gasteiger partial charge on any atom is -0.489 e. The molecule has 1 rings (SSSR count). The van der Waals surface area contributed by atoms with Crippen molar-refractivity contribution in [3.05, 3.63) is 29.8 Å². The van der Waals surface area contributed by atoms with Crippen molar-refractivity contribution in [1.29, 1.82) is 0 Å². The van der Waals surface area contributed by atoms with E-state index in [1.807, 2.05) is 72.7 Å². The van der Waals surface area contributed by atoms with Gasteiger partial charge in [-0.15, -0.1) is 0 Å². The number of amides is 1. The summed E-state index contributed by atoms with van der Waals surface area (Å²) < 4.78 is 10.9. The number of hydrogen-bond donors (Lipinski definition) is 1. The lowest BCUT2D eigenvalue weighted by Crippen LogP contribution is -2.37. The van der Waals surface area contributed by atoms with Crippen LogP contribution in [0.5, 0.6) is 5.75 Å². The lowest BCUT2D eigenvalue weighted by molar-refractivity contribution is 0.0505. The molecule has 1 amide bonds. The van der Waals surface area contributed by atoms with Crippen molar-refractivity contribution in [2.75, 3.05) is 6.54 Å². The maximum atomic E-state index is 11.5. The summed E-state index contributed by atoms with van der Waals surface area (Å²) in [6, 6.07) is 7.82. The molecule has 4 nitrogen and oxygen atoms in total. The van der Waals surface area contributed by atoms with Crippen LogP contribution < -0.4 is 10.1 Å². The molecule has 1 atom stereocenters. The molecule has 0 aliphatic carbocycles. The van der Waals surface area contributed by atoms with Gasteiger partial charge in [-0.05, 0) is 52.3 Å². The van der Waals surface area contributed by atoms with E-state index < -0.39 is 11.7 Å². The third-order valence-corrected chi connectivity index (χ3v) is 2.26. The maximum Gasteiger partial charge on any atom is 0.407 e. The molecule has 1 aromatic carbocycles. The fourth-order valence-electron chi connectivity index (χ4n) is 1.50. The Balaban J connectivity index is 0.00000191. The number of ether oxygens (including phenoxy) is 2. The standard InChI is InChI=1S/C15H23NO3.C2H6/c1-11-7-6-8-13(9-11)18-12(2)10-16-14(17)19-15(3,4)5;1-2/h6-9,12H,10H2,1-5H3,(H,16,17);1-2H3. The van der Waals surface area contributed by atoms with E-state index in [0.29, 0.717) is 6.54 Å². The largest absolute Gasteiger partial charge is 0.489 e. The Hall–Kier alpha value is -1.71. The van der Waals surface area contributed by atoms with Crippen LogP contribution in [0.15, 0.2) is 24.3 Å². The van der Waals surface area contributed by atoms with Gasteiger partial charge in [0.05, 0.1) is 6.54 Å². The molecule has 0 heterocycles. The number of alkyl carbamates (subject to hydrolysis) is 1. The normalized spacial score (nSPS) is 11.8. The van der Waals surface area contributed by atoms with Crippen LogP contribution in [0.2, 0.25) is 0 Å². The first-order chi connectivity index (χ1) is 9.76. The summed E-state index contributed by atoms with van der Waals surface area (Å²) in [5.41, 5.74) is 0.662. The first-order valence-electron chi connectivity index (χ1n) is 7.46. The summed E-state index contributed by atoms with van der Waals surface area (Å²) in [5, 5.41) is 2.69. The molecule has 0 fully saturated rings. The van der Waals surface area contributed by atoms with Gasteiger partial charge in [-0.25, -0.2) is 4.79 Å². The second-order valence-corrected chi connectivity index (χ2v) is 5.63. The van der Waals surface area contributed by atoms with Crippen molar-refractivity contribution >= 4 is 6.09 Å². The smallest absolute Gasteiger partial charge is 0.407 e. The monoisotopic (exact) mass is 295 g/mol. The van der Waals surface area contributed by atoms with Gasteiger partial charge in [-0.3, -0.25) is 0 Å². The SMILES string of the molecule is CC.Cc1cccc(OC(C)CNC(=O)OC(C)(C)C)c1. The van der Waals surface area contributed by atoms with Gasteiger partial charge in [0.25, 0.3) is 0 Å². The minimum atomic E-state index is -0.481. The van der Waals surface area contributed by atoms with Crippen LogP contribution in [0.1, 0.15) is 47.1 Å². The Morgan fingerprint density at radius 1 is 1.29 bits per heavy atom. The average Bonchev–Trinajstić information content (AvgIpc) is 2.37. The second-order valence-electron chi connectivity index (χ2n) is 5.63. The summed E-state index contributed by atoms with van der Waals surface area (Å²) >= 11 is 0. The van der Waals surface area contributed by atoms with E-state index in [-0.39, 0.29) is 6.10 Å². The molecule has 0 spiro atoms. The summed E-state index contributed by atoms with van der Waals surface area (Å²) in [6.07, 6.45) is -0.540. The first-order valence-corrected chi connectivity index (χ1v) is 7.46. The molecule has 0 aromatic heterocycles. The molecular formula is C17H29NO3. The fourth-order valence-corrected chi connectivity index (χ4v) is 1.50. The summed E-state index contributed by atoms with van der Waals surface area (Å²) in [7, 11) is 0. The lowest BCUT2D eigenvalue weighted by Gasteiger charge is -2.21. The van der Waals surface area contributed by atoms with E-state index in [0.717, 1.165) is 11.3 Å². The summed E-state index contributed by atoms with van der Waals surface area (Å²) in [6.45, 7) is 13.8. The Kier molecular flexibility index (Phi) is 8.51. The zero-order valence-electron chi connectivity index (χ0n) is 14.3. The number of hydrogen-bond acceptors (Lipinski definition) is 3. The van der Waals surface area contributed by atoms with Crippen molar-refractivity contribution in [3.63, 3.8) is 0 Å². The topological polar surface area (TPSA) is 47.6 Å². The second kappa shape index (κ2) is 9.27. The van der Waals surface area contributed by atoms with Gasteiger partial charge in [-0.1, -0.05) is 26.0 Å². The Labute approximate surface area is 128 Å². The number of nitrogens with one attached hydrogen (secondary N) is 1. The van der Waals surface area contributed by atoms with Gasteiger partial charge in [-0.2, -0.15) is 0 Å². The van der Waals surface area contributed by atoms with E-state index in [1.54, 1.807) is 0 Å². The van der Waals surface area contributed by atoms with Gasteiger partial charge in [0.15, 0.2) is 0 Å². The number of rotatable bonds is 4. The predicted octanol–water partition coefficient (Wildman–Crippen LogP) is 4.31. The number of benzene rings is 1. The number of aryl methyl sites for hydroxylation is 1. The van der Waals surface area contributed by atoms with E-state index in [4.69, 9.17) is 9.47 Å². The van der Waals surface area contributed by atoms with Crippen LogP contribution in [0.25, 0.3) is 0 Å². The van der Waals surface area contributed by atoms with Crippen LogP contribution in [0, 0.1) is 6.92 Å². The molecule has 4 heteroatoms. The molecule has 1 N–H and O–H groups in total. The highest BCUT2D eigenvalue weighted by Gasteiger charge is 2.16.